The lowest BCUT2D eigenvalue weighted by molar-refractivity contribution is -0.137. The summed E-state index contributed by atoms with van der Waals surface area (Å²) in [6.07, 6.45) is -4.02. The van der Waals surface area contributed by atoms with E-state index in [-0.39, 0.29) is 22.8 Å². The van der Waals surface area contributed by atoms with E-state index in [4.69, 9.17) is 10.5 Å². The molecule has 7 nitrogen and oxygen atoms in total. The first-order valence-corrected chi connectivity index (χ1v) is 5.88. The maximum absolute atomic E-state index is 12.8. The van der Waals surface area contributed by atoms with Gasteiger partial charge >= 0.3 is 6.18 Å². The van der Waals surface area contributed by atoms with Crippen molar-refractivity contribution >= 4 is 5.71 Å². The first kappa shape index (κ1) is 15.4. The second-order valence-electron chi connectivity index (χ2n) is 4.32. The Labute approximate surface area is 122 Å². The fourth-order valence-corrected chi connectivity index (χ4v) is 1.80. The first-order valence-electron chi connectivity index (χ1n) is 5.88. The van der Waals surface area contributed by atoms with Crippen molar-refractivity contribution < 1.29 is 18.4 Å². The van der Waals surface area contributed by atoms with Crippen molar-refractivity contribution in [2.75, 3.05) is 0 Å². The predicted molar refractivity (Wildman–Crippen MR) is 67.6 cm³/mol. The zero-order chi connectivity index (χ0) is 16.5. The number of alkyl halides is 3. The van der Waals surface area contributed by atoms with Crippen LogP contribution >= 0.6 is 0 Å². The van der Waals surface area contributed by atoms with Gasteiger partial charge in [0.2, 0.25) is 0 Å². The number of aromatic nitrogens is 4. The van der Waals surface area contributed by atoms with E-state index in [2.05, 4.69) is 20.5 Å². The van der Waals surface area contributed by atoms with Crippen molar-refractivity contribution in [3.05, 3.63) is 34.9 Å². The highest BCUT2D eigenvalue weighted by atomic mass is 19.4. The Kier molecular flexibility index (Phi) is 3.81. The molecule has 0 saturated carbocycles. The van der Waals surface area contributed by atoms with Crippen LogP contribution in [-0.4, -0.2) is 30.9 Å². The van der Waals surface area contributed by atoms with Crippen LogP contribution in [0, 0.1) is 18.3 Å². The summed E-state index contributed by atoms with van der Waals surface area (Å²) in [6.45, 7) is 2.97. The molecule has 0 atom stereocenters. The molecule has 0 saturated heterocycles. The second kappa shape index (κ2) is 5.44. The van der Waals surface area contributed by atoms with E-state index >= 15 is 0 Å². The number of rotatable bonds is 2. The van der Waals surface area contributed by atoms with E-state index in [1.165, 1.54) is 13.8 Å². The van der Waals surface area contributed by atoms with Crippen molar-refractivity contribution in [1.29, 1.82) is 5.26 Å². The van der Waals surface area contributed by atoms with Crippen LogP contribution in [-0.2, 0) is 6.18 Å². The molecule has 114 valence electrons. The lowest BCUT2D eigenvalue weighted by Gasteiger charge is -2.10. The summed E-state index contributed by atoms with van der Waals surface area (Å²) in [5, 5.41) is 28.2. The lowest BCUT2D eigenvalue weighted by Crippen LogP contribution is -2.11. The molecule has 0 aliphatic rings. The zero-order valence-corrected chi connectivity index (χ0v) is 11.4. The second-order valence-corrected chi connectivity index (χ2v) is 4.32. The van der Waals surface area contributed by atoms with Crippen LogP contribution in [0.25, 0.3) is 5.69 Å². The van der Waals surface area contributed by atoms with E-state index < -0.39 is 11.7 Å². The number of hydrogen-bond acceptors (Lipinski definition) is 6. The van der Waals surface area contributed by atoms with Gasteiger partial charge in [0.1, 0.15) is 23.2 Å². The van der Waals surface area contributed by atoms with Crippen molar-refractivity contribution in [2.45, 2.75) is 20.0 Å². The van der Waals surface area contributed by atoms with Gasteiger partial charge in [0, 0.05) is 6.20 Å². The highest BCUT2D eigenvalue weighted by Crippen LogP contribution is 2.30. The van der Waals surface area contributed by atoms with Gasteiger partial charge in [-0.15, -0.1) is 5.10 Å². The van der Waals surface area contributed by atoms with Crippen molar-refractivity contribution in [2.24, 2.45) is 5.16 Å². The Morgan fingerprint density at radius 3 is 2.68 bits per heavy atom. The maximum atomic E-state index is 12.8. The Balaban J connectivity index is 2.67. The molecule has 0 aliphatic heterocycles. The summed E-state index contributed by atoms with van der Waals surface area (Å²) >= 11 is 0. The summed E-state index contributed by atoms with van der Waals surface area (Å²) < 4.78 is 39.4. The van der Waals surface area contributed by atoms with Crippen molar-refractivity contribution in [3.63, 3.8) is 0 Å². The molecule has 2 rings (SSSR count). The molecule has 10 heteroatoms. The fourth-order valence-electron chi connectivity index (χ4n) is 1.80. The van der Waals surface area contributed by atoms with Crippen LogP contribution in [0.15, 0.2) is 17.4 Å². The molecule has 22 heavy (non-hydrogen) atoms. The third-order valence-electron chi connectivity index (χ3n) is 2.92. The summed E-state index contributed by atoms with van der Waals surface area (Å²) in [5.41, 5.74) is -0.741. The molecule has 0 aromatic carbocycles. The Morgan fingerprint density at radius 2 is 2.14 bits per heavy atom. The molecule has 0 unspecified atom stereocenters. The van der Waals surface area contributed by atoms with E-state index in [1.54, 1.807) is 6.07 Å². The molecule has 1 N–H and O–H groups in total. The fraction of sp³-hybridized carbons (Fsp3) is 0.250. The third-order valence-corrected chi connectivity index (χ3v) is 2.92. The topological polar surface area (TPSA) is 100.0 Å². The first-order chi connectivity index (χ1) is 10.3. The Hall–Kier alpha value is -2.96. The number of halogens is 3. The van der Waals surface area contributed by atoms with E-state index in [1.807, 2.05) is 0 Å². The largest absolute Gasteiger partial charge is 0.417 e. The molecule has 0 bridgehead atoms. The van der Waals surface area contributed by atoms with Gasteiger partial charge in [-0.05, 0) is 19.9 Å². The van der Waals surface area contributed by atoms with Crippen LogP contribution in [0.1, 0.15) is 29.6 Å². The summed E-state index contributed by atoms with van der Waals surface area (Å²) in [7, 11) is 0. The molecule has 0 spiro atoms. The molecule has 0 fully saturated rings. The highest BCUT2D eigenvalue weighted by molar-refractivity contribution is 5.97. The molecule has 2 aromatic heterocycles. The number of hydrogen-bond donors (Lipinski definition) is 1. The van der Waals surface area contributed by atoms with E-state index in [0.29, 0.717) is 11.9 Å². The summed E-state index contributed by atoms with van der Waals surface area (Å²) in [4.78, 5) is 3.51. The van der Waals surface area contributed by atoms with Crippen LogP contribution in [0.5, 0.6) is 0 Å². The van der Waals surface area contributed by atoms with Gasteiger partial charge in [0.25, 0.3) is 0 Å². The zero-order valence-electron chi connectivity index (χ0n) is 11.4. The van der Waals surface area contributed by atoms with Gasteiger partial charge in [-0.1, -0.05) is 10.4 Å². The van der Waals surface area contributed by atoms with Gasteiger partial charge in [-0.2, -0.15) is 18.4 Å². The average molecular weight is 310 g/mol. The number of pyridine rings is 1. The molecule has 2 heterocycles. The standard InChI is InChI=1S/C12H9F3N6O/c1-6(19-22)11-7(2)21(20-18-11)10-3-8(12(13,14)15)5-17-9(10)4-16/h3,5,22H,1-2H3/b19-6+. The highest BCUT2D eigenvalue weighted by Gasteiger charge is 2.32. The van der Waals surface area contributed by atoms with Gasteiger partial charge < -0.3 is 5.21 Å². The van der Waals surface area contributed by atoms with E-state index in [0.717, 1.165) is 10.7 Å². The maximum Gasteiger partial charge on any atom is 0.417 e. The lowest BCUT2D eigenvalue weighted by atomic mass is 10.2. The summed E-state index contributed by atoms with van der Waals surface area (Å²) in [6, 6.07) is 2.47. The quantitative estimate of drug-likeness (QED) is 0.520. The van der Waals surface area contributed by atoms with Gasteiger partial charge in [-0.3, -0.25) is 0 Å². The van der Waals surface area contributed by atoms with Gasteiger partial charge in [0.15, 0.2) is 5.69 Å². The monoisotopic (exact) mass is 310 g/mol. The molecule has 2 aromatic rings. The Morgan fingerprint density at radius 1 is 1.45 bits per heavy atom. The van der Waals surface area contributed by atoms with Crippen LogP contribution in [0.2, 0.25) is 0 Å². The molecular weight excluding hydrogens is 301 g/mol. The van der Waals surface area contributed by atoms with Crippen LogP contribution in [0.3, 0.4) is 0 Å². The number of nitriles is 1. The molecule has 0 radical (unpaired) electrons. The SMILES string of the molecule is C/C(=N\O)c1nnn(-c2cc(C(F)(F)F)cnc2C#N)c1C. The average Bonchev–Trinajstić information content (AvgIpc) is 2.86. The molecular formula is C12H9F3N6O. The third kappa shape index (κ3) is 2.60. The Bertz CT molecular complexity index is 787. The minimum atomic E-state index is -4.60. The van der Waals surface area contributed by atoms with Gasteiger partial charge in [-0.25, -0.2) is 9.67 Å². The molecule has 0 aliphatic carbocycles. The smallest absolute Gasteiger partial charge is 0.411 e. The minimum Gasteiger partial charge on any atom is -0.411 e. The van der Waals surface area contributed by atoms with E-state index in [9.17, 15) is 13.2 Å². The van der Waals surface area contributed by atoms with Crippen LogP contribution < -0.4 is 0 Å². The van der Waals surface area contributed by atoms with Crippen LogP contribution in [0.4, 0.5) is 13.2 Å². The van der Waals surface area contributed by atoms with Crippen molar-refractivity contribution in [1.82, 2.24) is 20.0 Å². The van der Waals surface area contributed by atoms with Crippen molar-refractivity contribution in [3.8, 4) is 11.8 Å². The minimum absolute atomic E-state index is 0.141. The summed E-state index contributed by atoms with van der Waals surface area (Å²) in [5.74, 6) is 0. The number of nitrogens with zero attached hydrogens (tertiary/aromatic N) is 6. The number of oxime groups is 1. The predicted octanol–water partition coefficient (Wildman–Crippen LogP) is 2.06. The molecule has 0 amide bonds. The van der Waals surface area contributed by atoms with Gasteiger partial charge in [0.05, 0.1) is 11.3 Å². The normalized spacial score (nSPS) is 12.3.